The summed E-state index contributed by atoms with van der Waals surface area (Å²) in [4.78, 5) is 25.8. The second-order valence-corrected chi connectivity index (χ2v) is 5.85. The Morgan fingerprint density at radius 1 is 1.33 bits per heavy atom. The molecule has 3 amide bonds. The summed E-state index contributed by atoms with van der Waals surface area (Å²) in [5, 5.41) is 12.5. The summed E-state index contributed by atoms with van der Waals surface area (Å²) in [6.45, 7) is 7.46. The molecule has 1 aromatic carbocycles. The van der Waals surface area contributed by atoms with E-state index < -0.39 is 17.7 Å². The molecule has 1 saturated heterocycles. The van der Waals surface area contributed by atoms with Crippen LogP contribution in [0, 0.1) is 13.8 Å². The van der Waals surface area contributed by atoms with Gasteiger partial charge in [-0.3, -0.25) is 9.69 Å². The molecular formula is C16H22N2O3. The second kappa shape index (κ2) is 5.48. The van der Waals surface area contributed by atoms with Crippen LogP contribution in [0.5, 0.6) is 0 Å². The van der Waals surface area contributed by atoms with Crippen LogP contribution in [-0.2, 0) is 10.3 Å². The highest BCUT2D eigenvalue weighted by molar-refractivity contribution is 6.07. The van der Waals surface area contributed by atoms with E-state index >= 15 is 0 Å². The maximum absolute atomic E-state index is 12.7. The van der Waals surface area contributed by atoms with Crippen molar-refractivity contribution >= 4 is 11.9 Å². The molecule has 5 heteroatoms. The van der Waals surface area contributed by atoms with Crippen molar-refractivity contribution in [2.24, 2.45) is 0 Å². The minimum atomic E-state index is -1.07. The van der Waals surface area contributed by atoms with Crippen LogP contribution in [0.2, 0.25) is 0 Å². The van der Waals surface area contributed by atoms with Gasteiger partial charge in [-0.05, 0) is 38.3 Å². The van der Waals surface area contributed by atoms with Gasteiger partial charge in [0.2, 0.25) is 0 Å². The lowest BCUT2D eigenvalue weighted by Crippen LogP contribution is -2.42. The van der Waals surface area contributed by atoms with E-state index in [0.717, 1.165) is 21.6 Å². The fourth-order valence-electron chi connectivity index (χ4n) is 2.76. The van der Waals surface area contributed by atoms with E-state index in [1.54, 1.807) is 6.92 Å². The summed E-state index contributed by atoms with van der Waals surface area (Å²) >= 11 is 0. The third kappa shape index (κ3) is 2.65. The van der Waals surface area contributed by atoms with Gasteiger partial charge in [-0.25, -0.2) is 4.79 Å². The number of hydrogen-bond acceptors (Lipinski definition) is 3. The lowest BCUT2D eigenvalue weighted by Gasteiger charge is -2.25. The first-order valence-corrected chi connectivity index (χ1v) is 7.19. The van der Waals surface area contributed by atoms with Crippen molar-refractivity contribution < 1.29 is 14.7 Å². The topological polar surface area (TPSA) is 69.6 Å². The van der Waals surface area contributed by atoms with Gasteiger partial charge in [0.05, 0.1) is 12.6 Å². The predicted octanol–water partition coefficient (Wildman–Crippen LogP) is 1.84. The zero-order valence-electron chi connectivity index (χ0n) is 12.9. The van der Waals surface area contributed by atoms with Crippen molar-refractivity contribution in [2.45, 2.75) is 45.8 Å². The molecule has 0 aromatic heterocycles. The molecular weight excluding hydrogens is 268 g/mol. The lowest BCUT2D eigenvalue weighted by molar-refractivity contribution is -0.132. The zero-order chi connectivity index (χ0) is 15.8. The van der Waals surface area contributed by atoms with Crippen molar-refractivity contribution in [3.8, 4) is 0 Å². The lowest BCUT2D eigenvalue weighted by atomic mass is 9.87. The number of urea groups is 1. The van der Waals surface area contributed by atoms with Gasteiger partial charge in [0, 0.05) is 0 Å². The third-order valence-electron chi connectivity index (χ3n) is 4.06. The molecule has 2 atom stereocenters. The molecule has 0 bridgehead atoms. The highest BCUT2D eigenvalue weighted by atomic mass is 16.3. The summed E-state index contributed by atoms with van der Waals surface area (Å²) in [5.41, 5.74) is 1.79. The largest absolute Gasteiger partial charge is 0.391 e. The number of imide groups is 1. The number of hydrogen-bond donors (Lipinski definition) is 2. The number of nitrogens with zero attached hydrogens (tertiary/aromatic N) is 1. The minimum absolute atomic E-state index is 0.0294. The van der Waals surface area contributed by atoms with E-state index in [1.165, 1.54) is 0 Å². The zero-order valence-corrected chi connectivity index (χ0v) is 12.9. The van der Waals surface area contributed by atoms with Crippen LogP contribution in [0.1, 0.15) is 37.0 Å². The van der Waals surface area contributed by atoms with Crippen molar-refractivity contribution in [1.29, 1.82) is 0 Å². The Morgan fingerprint density at radius 3 is 2.57 bits per heavy atom. The number of aliphatic hydroxyl groups is 1. The first kappa shape index (κ1) is 15.5. The van der Waals surface area contributed by atoms with Gasteiger partial charge in [-0.15, -0.1) is 0 Å². The molecule has 0 radical (unpaired) electrons. The van der Waals surface area contributed by atoms with E-state index in [0.29, 0.717) is 6.42 Å². The van der Waals surface area contributed by atoms with Crippen molar-refractivity contribution in [3.63, 3.8) is 0 Å². The summed E-state index contributed by atoms with van der Waals surface area (Å²) in [6, 6.07) is 5.35. The van der Waals surface area contributed by atoms with Gasteiger partial charge in [0.1, 0.15) is 5.54 Å². The Morgan fingerprint density at radius 2 is 2.00 bits per heavy atom. The molecule has 2 N–H and O–H groups in total. The molecule has 0 unspecified atom stereocenters. The molecule has 0 spiro atoms. The number of nitrogens with one attached hydrogen (secondary N) is 1. The van der Waals surface area contributed by atoms with Gasteiger partial charge < -0.3 is 10.4 Å². The summed E-state index contributed by atoms with van der Waals surface area (Å²) in [6.07, 6.45) is -0.196. The second-order valence-electron chi connectivity index (χ2n) is 5.85. The molecule has 0 aliphatic carbocycles. The van der Waals surface area contributed by atoms with Crippen LogP contribution in [0.15, 0.2) is 18.2 Å². The van der Waals surface area contributed by atoms with E-state index in [4.69, 9.17) is 0 Å². The Bertz CT molecular complexity index is 585. The fourth-order valence-corrected chi connectivity index (χ4v) is 2.76. The summed E-state index contributed by atoms with van der Waals surface area (Å²) < 4.78 is 0. The Kier molecular flexibility index (Phi) is 4.05. The van der Waals surface area contributed by atoms with Crippen molar-refractivity contribution in [2.75, 3.05) is 6.54 Å². The number of aliphatic hydroxyl groups excluding tert-OH is 1. The van der Waals surface area contributed by atoms with Gasteiger partial charge in [0.15, 0.2) is 0 Å². The normalized spacial score (nSPS) is 23.4. The average molecular weight is 290 g/mol. The molecule has 0 saturated carbocycles. The van der Waals surface area contributed by atoms with E-state index in [1.807, 2.05) is 39.0 Å². The van der Waals surface area contributed by atoms with E-state index in [-0.39, 0.29) is 12.5 Å². The number of aryl methyl sites for hydroxylation is 2. The molecule has 1 aromatic rings. The van der Waals surface area contributed by atoms with Crippen LogP contribution >= 0.6 is 0 Å². The number of amides is 3. The maximum atomic E-state index is 12.7. The molecule has 5 nitrogen and oxygen atoms in total. The maximum Gasteiger partial charge on any atom is 0.325 e. The van der Waals surface area contributed by atoms with E-state index in [2.05, 4.69) is 5.32 Å². The average Bonchev–Trinajstić information content (AvgIpc) is 2.62. The molecule has 1 heterocycles. The standard InChI is InChI=1S/C16H22N2O3/c1-5-12(19)9-18-14(20)16(4,17-15(18)21)13-7-6-10(2)8-11(13)3/h6-8,12,19H,5,9H2,1-4H3,(H,17,21)/t12-,16+/m0/s1. The number of benzene rings is 1. The van der Waals surface area contributed by atoms with Gasteiger partial charge in [0.25, 0.3) is 5.91 Å². The first-order chi connectivity index (χ1) is 9.79. The van der Waals surface area contributed by atoms with Crippen LogP contribution in [0.25, 0.3) is 0 Å². The SMILES string of the molecule is CC[C@H](O)CN1C(=O)N[C@](C)(c2ccc(C)cc2C)C1=O. The molecule has 21 heavy (non-hydrogen) atoms. The number of β-amino-alcohol motifs (C(OH)–C–C–N with tert-alkyl or cyclic N) is 1. The molecule has 2 rings (SSSR count). The van der Waals surface area contributed by atoms with Gasteiger partial charge in [-0.2, -0.15) is 0 Å². The molecule has 1 fully saturated rings. The molecule has 1 aliphatic heterocycles. The van der Waals surface area contributed by atoms with Crippen LogP contribution in [0.4, 0.5) is 4.79 Å². The van der Waals surface area contributed by atoms with Gasteiger partial charge >= 0.3 is 6.03 Å². The van der Waals surface area contributed by atoms with Gasteiger partial charge in [-0.1, -0.05) is 30.7 Å². The molecule has 1 aliphatic rings. The van der Waals surface area contributed by atoms with Crippen LogP contribution in [0.3, 0.4) is 0 Å². The monoisotopic (exact) mass is 290 g/mol. The summed E-state index contributed by atoms with van der Waals surface area (Å²) in [5.74, 6) is -0.313. The Balaban J connectivity index is 2.36. The fraction of sp³-hybridized carbons (Fsp3) is 0.500. The van der Waals surface area contributed by atoms with Crippen LogP contribution in [-0.4, -0.2) is 34.6 Å². The summed E-state index contributed by atoms with van der Waals surface area (Å²) in [7, 11) is 0. The number of carbonyl (C=O) groups excluding carboxylic acids is 2. The van der Waals surface area contributed by atoms with E-state index in [9.17, 15) is 14.7 Å². The number of carbonyl (C=O) groups is 2. The first-order valence-electron chi connectivity index (χ1n) is 7.19. The Labute approximate surface area is 125 Å². The molecule has 114 valence electrons. The third-order valence-corrected chi connectivity index (χ3v) is 4.06. The predicted molar refractivity (Wildman–Crippen MR) is 79.8 cm³/mol. The smallest absolute Gasteiger partial charge is 0.325 e. The Hall–Kier alpha value is -1.88. The van der Waals surface area contributed by atoms with Crippen LogP contribution < -0.4 is 5.32 Å². The number of rotatable bonds is 4. The minimum Gasteiger partial charge on any atom is -0.391 e. The van der Waals surface area contributed by atoms with Crippen molar-refractivity contribution in [1.82, 2.24) is 10.2 Å². The quantitative estimate of drug-likeness (QED) is 0.831. The highest BCUT2D eigenvalue weighted by Gasteiger charge is 2.49. The van der Waals surface area contributed by atoms with Crippen molar-refractivity contribution in [3.05, 3.63) is 34.9 Å². The highest BCUT2D eigenvalue weighted by Crippen LogP contribution is 2.31.